The number of methoxy groups -OCH3 is 2. The van der Waals surface area contributed by atoms with Crippen molar-refractivity contribution in [3.8, 4) is 11.5 Å². The van der Waals surface area contributed by atoms with E-state index in [1.165, 1.54) is 68.7 Å². The number of nitrogens with zero attached hydrogens (tertiary/aromatic N) is 1. The Hall–Kier alpha value is -2.60. The maximum absolute atomic E-state index is 6.07. The van der Waals surface area contributed by atoms with Gasteiger partial charge in [0.25, 0.3) is 0 Å². The number of fused-ring (bicyclic) bond motifs is 5. The second-order valence-corrected chi connectivity index (χ2v) is 10.4. The van der Waals surface area contributed by atoms with E-state index in [2.05, 4.69) is 53.4 Å². The molecule has 6 rings (SSSR count). The van der Waals surface area contributed by atoms with Crippen LogP contribution in [0.5, 0.6) is 11.5 Å². The molecule has 0 bridgehead atoms. The van der Waals surface area contributed by atoms with Crippen LogP contribution in [0.15, 0.2) is 54.1 Å². The highest BCUT2D eigenvalue weighted by molar-refractivity contribution is 7.20. The van der Waals surface area contributed by atoms with Gasteiger partial charge < -0.3 is 14.2 Å². The molecule has 0 amide bonds. The van der Waals surface area contributed by atoms with E-state index in [1.807, 2.05) is 18.4 Å². The molecule has 0 saturated carbocycles. The molecule has 0 radical (unpaired) electrons. The van der Waals surface area contributed by atoms with Crippen molar-refractivity contribution in [2.45, 2.75) is 31.8 Å². The van der Waals surface area contributed by atoms with Gasteiger partial charge in [0.05, 0.1) is 13.2 Å². The van der Waals surface area contributed by atoms with Crippen molar-refractivity contribution in [1.82, 2.24) is 4.90 Å². The summed E-state index contributed by atoms with van der Waals surface area (Å²) in [5.74, 6) is 1.85. The summed E-state index contributed by atoms with van der Waals surface area (Å²) in [5, 5.41) is 1.30. The van der Waals surface area contributed by atoms with E-state index in [-0.39, 0.29) is 6.10 Å². The van der Waals surface area contributed by atoms with E-state index in [9.17, 15) is 0 Å². The Morgan fingerprint density at radius 2 is 1.79 bits per heavy atom. The molecule has 2 aromatic carbocycles. The van der Waals surface area contributed by atoms with Gasteiger partial charge in [-0.05, 0) is 97.5 Å². The summed E-state index contributed by atoms with van der Waals surface area (Å²) >= 11 is 1.86. The second kappa shape index (κ2) is 9.21. The molecule has 0 N–H and O–H groups in total. The lowest BCUT2D eigenvalue weighted by Gasteiger charge is -2.21. The summed E-state index contributed by atoms with van der Waals surface area (Å²) in [5.41, 5.74) is 6.81. The van der Waals surface area contributed by atoms with Crippen molar-refractivity contribution in [3.05, 3.63) is 70.1 Å². The molecule has 176 valence electrons. The Kier molecular flexibility index (Phi) is 5.94. The van der Waals surface area contributed by atoms with Crippen molar-refractivity contribution in [2.24, 2.45) is 0 Å². The van der Waals surface area contributed by atoms with Gasteiger partial charge in [0.1, 0.15) is 18.1 Å². The molecule has 5 heteroatoms. The van der Waals surface area contributed by atoms with E-state index in [0.717, 1.165) is 37.5 Å². The van der Waals surface area contributed by atoms with Crippen molar-refractivity contribution in [2.75, 3.05) is 40.5 Å². The van der Waals surface area contributed by atoms with Gasteiger partial charge in [-0.2, -0.15) is 0 Å². The van der Waals surface area contributed by atoms with Crippen LogP contribution in [0.1, 0.15) is 41.7 Å². The molecule has 3 aliphatic rings. The fourth-order valence-corrected chi connectivity index (χ4v) is 6.87. The second-order valence-electron chi connectivity index (χ2n) is 9.34. The van der Waals surface area contributed by atoms with Crippen LogP contribution in [0, 0.1) is 0 Å². The smallest absolute Gasteiger partial charge is 0.120 e. The Balaban J connectivity index is 1.35. The molecule has 1 saturated heterocycles. The lowest BCUT2D eigenvalue weighted by molar-refractivity contribution is 0.132. The first-order valence-electron chi connectivity index (χ1n) is 12.3. The molecule has 4 nitrogen and oxygen atoms in total. The third-order valence-electron chi connectivity index (χ3n) is 7.37. The third-order valence-corrected chi connectivity index (χ3v) is 8.56. The predicted molar refractivity (Wildman–Crippen MR) is 140 cm³/mol. The number of thiophene rings is 1. The molecule has 2 aliphatic carbocycles. The maximum atomic E-state index is 6.07. The normalized spacial score (nSPS) is 19.9. The van der Waals surface area contributed by atoms with E-state index in [4.69, 9.17) is 14.2 Å². The highest BCUT2D eigenvalue weighted by Gasteiger charge is 2.34. The maximum Gasteiger partial charge on any atom is 0.120 e. The van der Waals surface area contributed by atoms with Gasteiger partial charge in [-0.15, -0.1) is 11.3 Å². The topological polar surface area (TPSA) is 30.9 Å². The Bertz CT molecular complexity index is 1260. The van der Waals surface area contributed by atoms with Crippen LogP contribution in [0.3, 0.4) is 0 Å². The Morgan fingerprint density at radius 3 is 2.56 bits per heavy atom. The Labute approximate surface area is 205 Å². The zero-order valence-corrected chi connectivity index (χ0v) is 20.7. The number of allylic oxidation sites excluding steroid dienone is 2. The first-order valence-corrected chi connectivity index (χ1v) is 13.1. The van der Waals surface area contributed by atoms with Crippen LogP contribution in [0.2, 0.25) is 0 Å². The number of hydrogen-bond donors (Lipinski definition) is 0. The number of benzene rings is 2. The minimum absolute atomic E-state index is 0.178. The van der Waals surface area contributed by atoms with Gasteiger partial charge in [0.15, 0.2) is 0 Å². The van der Waals surface area contributed by atoms with E-state index < -0.39 is 0 Å². The zero-order valence-electron chi connectivity index (χ0n) is 19.9. The van der Waals surface area contributed by atoms with Gasteiger partial charge in [-0.1, -0.05) is 12.1 Å². The van der Waals surface area contributed by atoms with Gasteiger partial charge in [0.2, 0.25) is 0 Å². The lowest BCUT2D eigenvalue weighted by atomic mass is 9.89. The molecule has 2 heterocycles. The number of likely N-dealkylation sites (tertiary alicyclic amines) is 1. The van der Waals surface area contributed by atoms with E-state index in [0.29, 0.717) is 0 Å². The van der Waals surface area contributed by atoms with Gasteiger partial charge >= 0.3 is 0 Å². The van der Waals surface area contributed by atoms with E-state index in [1.54, 1.807) is 7.11 Å². The van der Waals surface area contributed by atoms with Gasteiger partial charge in [0, 0.05) is 34.2 Å². The summed E-state index contributed by atoms with van der Waals surface area (Å²) in [6.45, 7) is 4.18. The molecular formula is C29H31NO3S. The van der Waals surface area contributed by atoms with Crippen LogP contribution in [0.25, 0.3) is 21.2 Å². The molecule has 1 fully saturated rings. The SMILES string of the molecule is COc1ccc2c3c(sc2c1)C1=CC(OC)CCC1=C3c1ccc(OCCN2CCCC2)cc1. The minimum Gasteiger partial charge on any atom is -0.497 e. The highest BCUT2D eigenvalue weighted by Crippen LogP contribution is 2.54. The van der Waals surface area contributed by atoms with Gasteiger partial charge in [-0.25, -0.2) is 0 Å². The van der Waals surface area contributed by atoms with Crippen molar-refractivity contribution < 1.29 is 14.2 Å². The average molecular weight is 474 g/mol. The summed E-state index contributed by atoms with van der Waals surface area (Å²) in [6.07, 6.45) is 7.20. The first-order chi connectivity index (χ1) is 16.7. The largest absolute Gasteiger partial charge is 0.497 e. The molecule has 1 aliphatic heterocycles. The lowest BCUT2D eigenvalue weighted by Crippen LogP contribution is -2.25. The van der Waals surface area contributed by atoms with Crippen LogP contribution >= 0.6 is 11.3 Å². The zero-order chi connectivity index (χ0) is 23.1. The number of rotatable bonds is 7. The molecule has 0 spiro atoms. The number of hydrogen-bond acceptors (Lipinski definition) is 5. The molecule has 34 heavy (non-hydrogen) atoms. The molecule has 3 aromatic rings. The molecule has 1 atom stereocenters. The van der Waals surface area contributed by atoms with Crippen LogP contribution < -0.4 is 9.47 Å². The fourth-order valence-electron chi connectivity index (χ4n) is 5.58. The summed E-state index contributed by atoms with van der Waals surface area (Å²) in [6, 6.07) is 15.2. The average Bonchev–Trinajstić information content (AvgIpc) is 3.59. The monoisotopic (exact) mass is 473 g/mol. The predicted octanol–water partition coefficient (Wildman–Crippen LogP) is 6.39. The molecule has 1 aromatic heterocycles. The summed E-state index contributed by atoms with van der Waals surface area (Å²) in [4.78, 5) is 3.85. The Morgan fingerprint density at radius 1 is 1.00 bits per heavy atom. The minimum atomic E-state index is 0.178. The first kappa shape index (κ1) is 21.9. The molecule has 1 unspecified atom stereocenters. The van der Waals surface area contributed by atoms with Crippen LogP contribution in [-0.4, -0.2) is 51.5 Å². The summed E-state index contributed by atoms with van der Waals surface area (Å²) in [7, 11) is 3.54. The number of ether oxygens (including phenoxy) is 3. The van der Waals surface area contributed by atoms with Gasteiger partial charge in [-0.3, -0.25) is 4.90 Å². The van der Waals surface area contributed by atoms with Crippen molar-refractivity contribution >= 4 is 32.6 Å². The van der Waals surface area contributed by atoms with Crippen molar-refractivity contribution in [3.63, 3.8) is 0 Å². The van der Waals surface area contributed by atoms with Crippen LogP contribution in [-0.2, 0) is 4.74 Å². The quantitative estimate of drug-likeness (QED) is 0.398. The van der Waals surface area contributed by atoms with Crippen molar-refractivity contribution in [1.29, 1.82) is 0 Å². The third kappa shape index (κ3) is 3.86. The van der Waals surface area contributed by atoms with E-state index >= 15 is 0 Å². The molecular weight excluding hydrogens is 442 g/mol. The summed E-state index contributed by atoms with van der Waals surface area (Å²) < 4.78 is 18.6. The highest BCUT2D eigenvalue weighted by atomic mass is 32.1. The standard InChI is InChI=1S/C29H31NO3S/c1-31-21-9-11-23-25(17-21)29-28(24-12-10-22(32-2)18-26(24)34-29)27(23)19-5-7-20(8-6-19)33-16-15-30-13-3-4-14-30/h5-8,10,12,17-18,21H,3-4,9,11,13-16H2,1-2H3. The fraction of sp³-hybridized carbons (Fsp3) is 0.379. The van der Waals surface area contributed by atoms with Crippen LogP contribution in [0.4, 0.5) is 0 Å².